The zero-order chi connectivity index (χ0) is 18.9. The second-order valence-corrected chi connectivity index (χ2v) is 6.52. The van der Waals surface area contributed by atoms with Gasteiger partial charge in [-0.25, -0.2) is 4.99 Å². The molecule has 140 valence electrons. The molecule has 7 nitrogen and oxygen atoms in total. The van der Waals surface area contributed by atoms with Gasteiger partial charge >= 0.3 is 0 Å². The van der Waals surface area contributed by atoms with Gasteiger partial charge in [-0.2, -0.15) is 0 Å². The molecule has 0 aliphatic heterocycles. The fourth-order valence-corrected chi connectivity index (χ4v) is 2.10. The van der Waals surface area contributed by atoms with Gasteiger partial charge in [0.15, 0.2) is 11.7 Å². The molecule has 0 bridgehead atoms. The number of aromatic nitrogens is 1. The lowest BCUT2D eigenvalue weighted by Crippen LogP contribution is -2.42. The number of amides is 1. The Morgan fingerprint density at radius 3 is 2.58 bits per heavy atom. The van der Waals surface area contributed by atoms with Crippen LogP contribution < -0.4 is 10.6 Å². The lowest BCUT2D eigenvalue weighted by molar-refractivity contribution is -0.127. The number of benzene rings is 1. The van der Waals surface area contributed by atoms with Crippen molar-refractivity contribution in [3.8, 4) is 0 Å². The smallest absolute Gasteiger partial charge is 0.241 e. The highest BCUT2D eigenvalue weighted by atomic mass is 16.5. The standard InChI is InChI=1S/C19H27N5O2/c1-14(2)17-10-16(26-23-17)12-21-19(22-13-18(25)24(3)4)20-11-15-8-6-5-7-9-15/h5-10,14H,11-13H2,1-4H3,(H2,20,21,22). The number of guanidine groups is 1. The Balaban J connectivity index is 1.99. The van der Waals surface area contributed by atoms with Crippen LogP contribution in [-0.2, 0) is 17.9 Å². The molecule has 2 N–H and O–H groups in total. The van der Waals surface area contributed by atoms with Gasteiger partial charge in [0, 0.05) is 20.2 Å². The average Bonchev–Trinajstić information content (AvgIpc) is 3.11. The maximum atomic E-state index is 11.8. The van der Waals surface area contributed by atoms with E-state index in [0.29, 0.717) is 25.0 Å². The first kappa shape index (κ1) is 19.5. The van der Waals surface area contributed by atoms with E-state index in [1.54, 1.807) is 14.1 Å². The normalized spacial score (nSPS) is 11.5. The van der Waals surface area contributed by atoms with Gasteiger partial charge in [0.05, 0.1) is 25.3 Å². The molecule has 2 aromatic rings. The van der Waals surface area contributed by atoms with Crippen LogP contribution in [-0.4, -0.2) is 42.6 Å². The van der Waals surface area contributed by atoms with Crippen LogP contribution in [0.1, 0.15) is 36.8 Å². The second kappa shape index (κ2) is 9.60. The third-order valence-corrected chi connectivity index (χ3v) is 3.77. The lowest BCUT2D eigenvalue weighted by atomic mass is 10.1. The van der Waals surface area contributed by atoms with Gasteiger partial charge in [-0.05, 0) is 11.5 Å². The third-order valence-electron chi connectivity index (χ3n) is 3.77. The molecule has 0 aliphatic rings. The van der Waals surface area contributed by atoms with Gasteiger partial charge in [0.2, 0.25) is 5.91 Å². The number of likely N-dealkylation sites (N-methyl/N-ethyl adjacent to an activating group) is 1. The van der Waals surface area contributed by atoms with Gasteiger partial charge in [-0.3, -0.25) is 4.79 Å². The quantitative estimate of drug-likeness (QED) is 0.586. The predicted octanol–water partition coefficient (Wildman–Crippen LogP) is 2.12. The van der Waals surface area contributed by atoms with E-state index in [9.17, 15) is 4.79 Å². The fraction of sp³-hybridized carbons (Fsp3) is 0.421. The highest BCUT2D eigenvalue weighted by molar-refractivity contribution is 5.86. The van der Waals surface area contributed by atoms with Crippen LogP contribution in [0, 0.1) is 0 Å². The molecule has 26 heavy (non-hydrogen) atoms. The van der Waals surface area contributed by atoms with Crippen LogP contribution >= 0.6 is 0 Å². The maximum absolute atomic E-state index is 11.8. The molecule has 2 rings (SSSR count). The van der Waals surface area contributed by atoms with E-state index in [4.69, 9.17) is 4.52 Å². The van der Waals surface area contributed by atoms with Crippen molar-refractivity contribution < 1.29 is 9.32 Å². The van der Waals surface area contributed by atoms with E-state index in [1.165, 1.54) is 4.90 Å². The number of hydrogen-bond donors (Lipinski definition) is 2. The summed E-state index contributed by atoms with van der Waals surface area (Å²) in [5, 5.41) is 10.3. The van der Waals surface area contributed by atoms with E-state index in [1.807, 2.05) is 36.4 Å². The molecular weight excluding hydrogens is 330 g/mol. The molecule has 0 aliphatic carbocycles. The van der Waals surface area contributed by atoms with Crippen molar-refractivity contribution in [2.45, 2.75) is 32.9 Å². The largest absolute Gasteiger partial charge is 0.359 e. The molecular formula is C19H27N5O2. The Kier molecular flexibility index (Phi) is 7.20. The third kappa shape index (κ3) is 6.23. The molecule has 0 unspecified atom stereocenters. The van der Waals surface area contributed by atoms with Crippen molar-refractivity contribution in [1.82, 2.24) is 20.7 Å². The Hall–Kier alpha value is -2.83. The summed E-state index contributed by atoms with van der Waals surface area (Å²) in [6, 6.07) is 11.9. The molecule has 0 saturated heterocycles. The number of carbonyl (C=O) groups is 1. The molecule has 0 fully saturated rings. The molecule has 0 spiro atoms. The van der Waals surface area contributed by atoms with Crippen LogP contribution in [0.4, 0.5) is 0 Å². The summed E-state index contributed by atoms with van der Waals surface area (Å²) in [6.45, 7) is 5.25. The highest BCUT2D eigenvalue weighted by Gasteiger charge is 2.10. The first-order valence-electron chi connectivity index (χ1n) is 8.67. The van der Waals surface area contributed by atoms with Gasteiger partial charge < -0.3 is 20.1 Å². The van der Waals surface area contributed by atoms with Crippen molar-refractivity contribution in [2.75, 3.05) is 20.6 Å². The SMILES string of the molecule is CC(C)c1cc(CNC(=NCc2ccccc2)NCC(=O)N(C)C)on1. The minimum atomic E-state index is -0.0269. The highest BCUT2D eigenvalue weighted by Crippen LogP contribution is 2.13. The van der Waals surface area contributed by atoms with Crippen LogP contribution in [0.25, 0.3) is 0 Å². The zero-order valence-corrected chi connectivity index (χ0v) is 15.8. The number of aliphatic imine (C=N–C) groups is 1. The summed E-state index contributed by atoms with van der Waals surface area (Å²) in [4.78, 5) is 17.9. The summed E-state index contributed by atoms with van der Waals surface area (Å²) < 4.78 is 5.33. The zero-order valence-electron chi connectivity index (χ0n) is 15.8. The maximum Gasteiger partial charge on any atom is 0.241 e. The number of rotatable bonds is 7. The minimum absolute atomic E-state index is 0.0269. The Bertz CT molecular complexity index is 723. The summed E-state index contributed by atoms with van der Waals surface area (Å²) in [5.41, 5.74) is 2.01. The van der Waals surface area contributed by atoms with Gasteiger partial charge in [-0.1, -0.05) is 49.3 Å². The first-order chi connectivity index (χ1) is 12.5. The summed E-state index contributed by atoms with van der Waals surface area (Å²) >= 11 is 0. The lowest BCUT2D eigenvalue weighted by Gasteiger charge is -2.14. The van der Waals surface area contributed by atoms with Crippen molar-refractivity contribution >= 4 is 11.9 Å². The monoisotopic (exact) mass is 357 g/mol. The van der Waals surface area contributed by atoms with Crippen LogP contribution in [0.15, 0.2) is 45.9 Å². The summed E-state index contributed by atoms with van der Waals surface area (Å²) in [6.07, 6.45) is 0. The number of nitrogens with zero attached hydrogens (tertiary/aromatic N) is 3. The van der Waals surface area contributed by atoms with Crippen molar-refractivity contribution in [1.29, 1.82) is 0 Å². The number of nitrogens with one attached hydrogen (secondary N) is 2. The number of hydrogen-bond acceptors (Lipinski definition) is 4. The minimum Gasteiger partial charge on any atom is -0.359 e. The fourth-order valence-electron chi connectivity index (χ4n) is 2.10. The molecule has 1 aromatic carbocycles. The van der Waals surface area contributed by atoms with Crippen LogP contribution in [0.3, 0.4) is 0 Å². The second-order valence-electron chi connectivity index (χ2n) is 6.52. The van der Waals surface area contributed by atoms with Crippen LogP contribution in [0.2, 0.25) is 0 Å². The molecule has 1 heterocycles. The number of carbonyl (C=O) groups excluding carboxylic acids is 1. The Morgan fingerprint density at radius 2 is 1.96 bits per heavy atom. The van der Waals surface area contributed by atoms with E-state index < -0.39 is 0 Å². The van der Waals surface area contributed by atoms with E-state index in [0.717, 1.165) is 17.0 Å². The summed E-state index contributed by atoms with van der Waals surface area (Å²) in [7, 11) is 3.44. The molecule has 1 aromatic heterocycles. The van der Waals surface area contributed by atoms with E-state index >= 15 is 0 Å². The Morgan fingerprint density at radius 1 is 1.23 bits per heavy atom. The van der Waals surface area contributed by atoms with Crippen molar-refractivity contribution in [2.24, 2.45) is 4.99 Å². The molecule has 0 saturated carbocycles. The average molecular weight is 357 g/mol. The topological polar surface area (TPSA) is 82.8 Å². The molecule has 1 amide bonds. The van der Waals surface area contributed by atoms with Gasteiger partial charge in [-0.15, -0.1) is 0 Å². The molecule has 0 radical (unpaired) electrons. The van der Waals surface area contributed by atoms with E-state index in [-0.39, 0.29) is 12.5 Å². The van der Waals surface area contributed by atoms with Gasteiger partial charge in [0.25, 0.3) is 0 Å². The van der Waals surface area contributed by atoms with Gasteiger partial charge in [0.1, 0.15) is 0 Å². The Labute approximate surface area is 154 Å². The summed E-state index contributed by atoms with van der Waals surface area (Å²) in [5.74, 6) is 1.56. The predicted molar refractivity (Wildman–Crippen MR) is 102 cm³/mol. The van der Waals surface area contributed by atoms with E-state index in [2.05, 4.69) is 34.6 Å². The van der Waals surface area contributed by atoms with Crippen molar-refractivity contribution in [3.05, 3.63) is 53.4 Å². The molecule has 7 heteroatoms. The van der Waals surface area contributed by atoms with Crippen molar-refractivity contribution in [3.63, 3.8) is 0 Å². The molecule has 0 atom stereocenters. The first-order valence-corrected chi connectivity index (χ1v) is 8.67. The van der Waals surface area contributed by atoms with Crippen LogP contribution in [0.5, 0.6) is 0 Å².